The molecule has 0 spiro atoms. The number of rotatable bonds is 8. The zero-order chi connectivity index (χ0) is 21.6. The van der Waals surface area contributed by atoms with Crippen molar-refractivity contribution in [1.29, 1.82) is 0 Å². The second-order valence-corrected chi connectivity index (χ2v) is 7.66. The van der Waals surface area contributed by atoms with E-state index in [0.717, 1.165) is 17.1 Å². The smallest absolute Gasteiger partial charge is 0.191 e. The highest BCUT2D eigenvalue weighted by Crippen LogP contribution is 2.30. The van der Waals surface area contributed by atoms with Crippen molar-refractivity contribution >= 4 is 17.5 Å². The molecule has 31 heavy (non-hydrogen) atoms. The van der Waals surface area contributed by atoms with Crippen LogP contribution in [0, 0.1) is 0 Å². The number of thioether (sulfide) groups is 1. The number of Topliss-reactive ketones (excluding diaryl/α,β-unsaturated/α-hetero) is 1. The van der Waals surface area contributed by atoms with E-state index < -0.39 is 0 Å². The fourth-order valence-electron chi connectivity index (χ4n) is 3.05. The molecule has 0 fully saturated rings. The highest BCUT2D eigenvalue weighted by molar-refractivity contribution is 7.99. The summed E-state index contributed by atoms with van der Waals surface area (Å²) in [6, 6.07) is 24.3. The van der Waals surface area contributed by atoms with Crippen LogP contribution in [0.15, 0.2) is 84.0 Å². The number of aromatic nitrogens is 3. The molecule has 4 rings (SSSR count). The minimum Gasteiger partial charge on any atom is -0.496 e. The van der Waals surface area contributed by atoms with Crippen LogP contribution in [0.2, 0.25) is 0 Å². The van der Waals surface area contributed by atoms with Crippen LogP contribution in [0.4, 0.5) is 0 Å². The lowest BCUT2D eigenvalue weighted by Crippen LogP contribution is -2.04. The van der Waals surface area contributed by atoms with Crippen molar-refractivity contribution in [2.75, 3.05) is 12.9 Å². The van der Waals surface area contributed by atoms with E-state index in [1.807, 2.05) is 66.2 Å². The fraction of sp³-hybridized carbons (Fsp3) is 0.125. The average Bonchev–Trinajstić information content (AvgIpc) is 3.18. The maximum Gasteiger partial charge on any atom is 0.191 e. The molecular formula is C24H21N3O3S. The molecule has 0 atom stereocenters. The maximum atomic E-state index is 12.6. The number of carbonyl (C=O) groups is 1. The average molecular weight is 432 g/mol. The molecule has 0 unspecified atom stereocenters. The summed E-state index contributed by atoms with van der Waals surface area (Å²) in [5.41, 5.74) is 1.48. The van der Waals surface area contributed by atoms with Gasteiger partial charge in [0.2, 0.25) is 0 Å². The Balaban J connectivity index is 1.40. The molecular weight excluding hydrogens is 410 g/mol. The van der Waals surface area contributed by atoms with E-state index in [-0.39, 0.29) is 11.5 Å². The van der Waals surface area contributed by atoms with Gasteiger partial charge in [0, 0.05) is 12.6 Å². The van der Waals surface area contributed by atoms with Gasteiger partial charge >= 0.3 is 0 Å². The normalized spacial score (nSPS) is 10.6. The summed E-state index contributed by atoms with van der Waals surface area (Å²) < 4.78 is 13.1. The lowest BCUT2D eigenvalue weighted by Gasteiger charge is -2.08. The Morgan fingerprint density at radius 2 is 1.58 bits per heavy atom. The molecule has 0 bridgehead atoms. The van der Waals surface area contributed by atoms with Crippen molar-refractivity contribution in [3.05, 3.63) is 84.4 Å². The van der Waals surface area contributed by atoms with Crippen LogP contribution in [0.3, 0.4) is 0 Å². The van der Waals surface area contributed by atoms with Gasteiger partial charge in [-0.1, -0.05) is 42.1 Å². The number of ether oxygens (including phenoxy) is 2. The summed E-state index contributed by atoms with van der Waals surface area (Å²) in [7, 11) is 3.50. The van der Waals surface area contributed by atoms with Gasteiger partial charge in [-0.15, -0.1) is 10.2 Å². The van der Waals surface area contributed by atoms with E-state index in [9.17, 15) is 4.79 Å². The summed E-state index contributed by atoms with van der Waals surface area (Å²) >= 11 is 1.35. The van der Waals surface area contributed by atoms with Gasteiger partial charge in [0.05, 0.1) is 18.4 Å². The number of para-hydroxylation sites is 2. The zero-order valence-corrected chi connectivity index (χ0v) is 18.0. The number of benzene rings is 3. The second kappa shape index (κ2) is 9.49. The van der Waals surface area contributed by atoms with Crippen LogP contribution in [0.25, 0.3) is 11.4 Å². The summed E-state index contributed by atoms with van der Waals surface area (Å²) in [4.78, 5) is 12.6. The zero-order valence-electron chi connectivity index (χ0n) is 17.2. The lowest BCUT2D eigenvalue weighted by atomic mass is 10.1. The first-order valence-electron chi connectivity index (χ1n) is 9.67. The molecule has 7 heteroatoms. The van der Waals surface area contributed by atoms with Crippen molar-refractivity contribution in [2.24, 2.45) is 7.05 Å². The molecule has 4 aromatic rings. The Labute approximate surface area is 184 Å². The lowest BCUT2D eigenvalue weighted by molar-refractivity contribution is 0.102. The third-order valence-electron chi connectivity index (χ3n) is 4.67. The Morgan fingerprint density at radius 3 is 2.32 bits per heavy atom. The Hall–Kier alpha value is -3.58. The third-order valence-corrected chi connectivity index (χ3v) is 5.69. The highest BCUT2D eigenvalue weighted by atomic mass is 32.2. The molecule has 0 aliphatic heterocycles. The first-order valence-corrected chi connectivity index (χ1v) is 10.7. The van der Waals surface area contributed by atoms with Gasteiger partial charge < -0.3 is 14.0 Å². The standard InChI is InChI=1S/C24H21N3O3S/c1-27-23(20-10-6-7-11-22(20)29-2)25-26-24(27)31-16-21(28)17-12-14-19(15-13-17)30-18-8-4-3-5-9-18/h3-15H,16H2,1-2H3. The van der Waals surface area contributed by atoms with Gasteiger partial charge in [0.15, 0.2) is 16.8 Å². The highest BCUT2D eigenvalue weighted by Gasteiger charge is 2.16. The van der Waals surface area contributed by atoms with Gasteiger partial charge in [-0.2, -0.15) is 0 Å². The van der Waals surface area contributed by atoms with Gasteiger partial charge in [-0.3, -0.25) is 4.79 Å². The predicted octanol–water partition coefficient (Wildman–Crippen LogP) is 5.26. The molecule has 0 aliphatic carbocycles. The van der Waals surface area contributed by atoms with Crippen molar-refractivity contribution in [1.82, 2.24) is 14.8 Å². The molecule has 0 N–H and O–H groups in total. The van der Waals surface area contributed by atoms with E-state index in [0.29, 0.717) is 22.3 Å². The van der Waals surface area contributed by atoms with E-state index in [2.05, 4.69) is 10.2 Å². The van der Waals surface area contributed by atoms with Crippen LogP contribution < -0.4 is 9.47 Å². The molecule has 0 amide bonds. The quantitative estimate of drug-likeness (QED) is 0.280. The molecule has 1 heterocycles. The van der Waals surface area contributed by atoms with E-state index in [4.69, 9.17) is 9.47 Å². The Kier molecular flexibility index (Phi) is 6.33. The van der Waals surface area contributed by atoms with Gasteiger partial charge in [-0.25, -0.2) is 0 Å². The fourth-order valence-corrected chi connectivity index (χ4v) is 3.86. The van der Waals surface area contributed by atoms with Gasteiger partial charge in [-0.05, 0) is 48.5 Å². The monoisotopic (exact) mass is 431 g/mol. The molecule has 0 aliphatic rings. The van der Waals surface area contributed by atoms with Gasteiger partial charge in [0.1, 0.15) is 17.2 Å². The van der Waals surface area contributed by atoms with Crippen LogP contribution in [0.1, 0.15) is 10.4 Å². The largest absolute Gasteiger partial charge is 0.496 e. The molecule has 0 saturated heterocycles. The Morgan fingerprint density at radius 1 is 0.903 bits per heavy atom. The summed E-state index contributed by atoms with van der Waals surface area (Å²) in [5.74, 6) is 3.13. The number of nitrogens with zero attached hydrogens (tertiary/aromatic N) is 3. The third kappa shape index (κ3) is 4.78. The molecule has 0 saturated carbocycles. The molecule has 6 nitrogen and oxygen atoms in total. The number of carbonyl (C=O) groups excluding carboxylic acids is 1. The van der Waals surface area contributed by atoms with E-state index in [1.165, 1.54) is 11.8 Å². The summed E-state index contributed by atoms with van der Waals surface area (Å²) in [5, 5.41) is 9.19. The number of methoxy groups -OCH3 is 1. The molecule has 0 radical (unpaired) electrons. The first kappa shape index (κ1) is 20.7. The van der Waals surface area contributed by atoms with Crippen LogP contribution >= 0.6 is 11.8 Å². The summed E-state index contributed by atoms with van der Waals surface area (Å²) in [6.07, 6.45) is 0. The predicted molar refractivity (Wildman–Crippen MR) is 121 cm³/mol. The maximum absolute atomic E-state index is 12.6. The topological polar surface area (TPSA) is 66.2 Å². The van der Waals surface area contributed by atoms with E-state index in [1.54, 1.807) is 31.4 Å². The SMILES string of the molecule is COc1ccccc1-c1nnc(SCC(=O)c2ccc(Oc3ccccc3)cc2)n1C. The minimum absolute atomic E-state index is 0.0121. The van der Waals surface area contributed by atoms with E-state index >= 15 is 0 Å². The minimum atomic E-state index is 0.0121. The second-order valence-electron chi connectivity index (χ2n) is 6.72. The van der Waals surface area contributed by atoms with Crippen LogP contribution in [-0.2, 0) is 7.05 Å². The van der Waals surface area contributed by atoms with Crippen molar-refractivity contribution < 1.29 is 14.3 Å². The van der Waals surface area contributed by atoms with Crippen molar-refractivity contribution in [3.8, 4) is 28.6 Å². The number of hydrogen-bond donors (Lipinski definition) is 0. The Bertz CT molecular complexity index is 1170. The van der Waals surface area contributed by atoms with Crippen molar-refractivity contribution in [3.63, 3.8) is 0 Å². The summed E-state index contributed by atoms with van der Waals surface area (Å²) in [6.45, 7) is 0. The molecule has 156 valence electrons. The van der Waals surface area contributed by atoms with Crippen LogP contribution in [-0.4, -0.2) is 33.4 Å². The van der Waals surface area contributed by atoms with Crippen LogP contribution in [0.5, 0.6) is 17.2 Å². The first-order chi connectivity index (χ1) is 15.2. The van der Waals surface area contributed by atoms with Gasteiger partial charge in [0.25, 0.3) is 0 Å². The number of hydrogen-bond acceptors (Lipinski definition) is 6. The molecule has 3 aromatic carbocycles. The molecule has 1 aromatic heterocycles. The number of ketones is 1. The van der Waals surface area contributed by atoms with Crippen molar-refractivity contribution in [2.45, 2.75) is 5.16 Å².